The lowest BCUT2D eigenvalue weighted by Gasteiger charge is -2.32. The van der Waals surface area contributed by atoms with Crippen LogP contribution in [0.1, 0.15) is 37.8 Å². The number of nitriles is 1. The minimum atomic E-state index is -0.592. The van der Waals surface area contributed by atoms with Gasteiger partial charge in [0.15, 0.2) is 23.0 Å². The number of rotatable bonds is 12. The molecule has 0 aliphatic rings. The zero-order valence-corrected chi connectivity index (χ0v) is 19.2. The lowest BCUT2D eigenvalue weighted by atomic mass is 9.70. The van der Waals surface area contributed by atoms with Crippen LogP contribution in [0.3, 0.4) is 0 Å². The summed E-state index contributed by atoms with van der Waals surface area (Å²) in [6.45, 7) is 5.81. The van der Waals surface area contributed by atoms with E-state index in [-0.39, 0.29) is 11.7 Å². The van der Waals surface area contributed by atoms with E-state index in [1.54, 1.807) is 27.4 Å². The molecule has 0 heterocycles. The zero-order chi connectivity index (χ0) is 22.9. The van der Waals surface area contributed by atoms with E-state index in [1.165, 1.54) is 0 Å². The van der Waals surface area contributed by atoms with Crippen LogP contribution < -0.4 is 19.5 Å². The van der Waals surface area contributed by atoms with Crippen molar-refractivity contribution in [2.45, 2.75) is 38.5 Å². The number of aromatic hydroxyl groups is 1. The number of phenolic OH excluding ortho intramolecular Hbond substituents is 1. The molecular weight excluding hydrogens is 392 g/mol. The van der Waals surface area contributed by atoms with E-state index < -0.39 is 5.41 Å². The molecular formula is C25H34N2O4. The van der Waals surface area contributed by atoms with Crippen LogP contribution in [0.2, 0.25) is 0 Å². The Kier molecular flexibility index (Phi) is 9.02. The highest BCUT2D eigenvalue weighted by Gasteiger charge is 2.36. The second-order valence-electron chi connectivity index (χ2n) is 7.92. The van der Waals surface area contributed by atoms with E-state index in [0.717, 1.165) is 43.5 Å². The fourth-order valence-corrected chi connectivity index (χ4v) is 3.86. The Morgan fingerprint density at radius 1 is 0.968 bits per heavy atom. The molecule has 0 saturated heterocycles. The number of nitrogens with zero attached hydrogens (tertiary/aromatic N) is 1. The molecule has 0 aromatic heterocycles. The predicted octanol–water partition coefficient (Wildman–Crippen LogP) is 4.45. The van der Waals surface area contributed by atoms with E-state index in [1.807, 2.05) is 30.3 Å². The van der Waals surface area contributed by atoms with E-state index >= 15 is 0 Å². The molecule has 2 N–H and O–H groups in total. The van der Waals surface area contributed by atoms with Crippen LogP contribution in [-0.2, 0) is 11.8 Å². The predicted molar refractivity (Wildman–Crippen MR) is 122 cm³/mol. The van der Waals surface area contributed by atoms with Crippen molar-refractivity contribution in [3.05, 3.63) is 47.5 Å². The second-order valence-corrected chi connectivity index (χ2v) is 7.92. The van der Waals surface area contributed by atoms with Gasteiger partial charge in [0.05, 0.1) is 32.8 Å². The first kappa shape index (κ1) is 24.4. The summed E-state index contributed by atoms with van der Waals surface area (Å²) in [5, 5.41) is 23.3. The second kappa shape index (κ2) is 11.5. The molecule has 0 aliphatic carbocycles. The molecule has 0 aliphatic heterocycles. The van der Waals surface area contributed by atoms with Crippen molar-refractivity contribution >= 4 is 0 Å². The maximum atomic E-state index is 10.1. The Morgan fingerprint density at radius 3 is 2.29 bits per heavy atom. The average Bonchev–Trinajstić information content (AvgIpc) is 2.79. The maximum Gasteiger partial charge on any atom is 0.161 e. The number of ether oxygens (including phenoxy) is 3. The Bertz CT molecular complexity index is 892. The molecule has 0 radical (unpaired) electrons. The van der Waals surface area contributed by atoms with Gasteiger partial charge in [0.25, 0.3) is 0 Å². The normalized spacial score (nSPS) is 12.8. The summed E-state index contributed by atoms with van der Waals surface area (Å²) >= 11 is 0. The summed E-state index contributed by atoms with van der Waals surface area (Å²) in [5.41, 5.74) is 1.46. The highest BCUT2D eigenvalue weighted by Crippen LogP contribution is 2.40. The van der Waals surface area contributed by atoms with Gasteiger partial charge in [-0.05, 0) is 73.7 Å². The molecule has 2 aromatic carbocycles. The largest absolute Gasteiger partial charge is 0.504 e. The summed E-state index contributed by atoms with van der Waals surface area (Å²) < 4.78 is 15.9. The summed E-state index contributed by atoms with van der Waals surface area (Å²) in [6, 6.07) is 13.8. The minimum absolute atomic E-state index is 0.149. The maximum absolute atomic E-state index is 10.1. The Labute approximate surface area is 185 Å². The fourth-order valence-electron chi connectivity index (χ4n) is 3.86. The third kappa shape index (κ3) is 5.83. The number of hydrogen-bond donors (Lipinski definition) is 2. The van der Waals surface area contributed by atoms with Gasteiger partial charge in [0.2, 0.25) is 0 Å². The van der Waals surface area contributed by atoms with Gasteiger partial charge in [-0.15, -0.1) is 0 Å². The molecule has 0 amide bonds. The molecule has 0 spiro atoms. The summed E-state index contributed by atoms with van der Waals surface area (Å²) in [4.78, 5) is 0. The van der Waals surface area contributed by atoms with Crippen molar-refractivity contribution in [1.29, 1.82) is 5.26 Å². The quantitative estimate of drug-likeness (QED) is 0.488. The molecule has 1 unspecified atom stereocenters. The van der Waals surface area contributed by atoms with Gasteiger partial charge in [0.1, 0.15) is 0 Å². The van der Waals surface area contributed by atoms with Gasteiger partial charge >= 0.3 is 0 Å². The highest BCUT2D eigenvalue weighted by molar-refractivity contribution is 5.47. The van der Waals surface area contributed by atoms with Crippen LogP contribution in [0.5, 0.6) is 23.0 Å². The van der Waals surface area contributed by atoms with Crippen LogP contribution >= 0.6 is 0 Å². The molecule has 0 fully saturated rings. The van der Waals surface area contributed by atoms with Gasteiger partial charge in [-0.1, -0.05) is 26.0 Å². The summed E-state index contributed by atoms with van der Waals surface area (Å²) in [7, 11) is 4.77. The number of phenols is 1. The molecule has 2 aromatic rings. The van der Waals surface area contributed by atoms with Crippen LogP contribution in [0.4, 0.5) is 0 Å². The Hall–Kier alpha value is -2.91. The van der Waals surface area contributed by atoms with Gasteiger partial charge in [-0.3, -0.25) is 0 Å². The van der Waals surface area contributed by atoms with Gasteiger partial charge in [-0.2, -0.15) is 5.26 Å². The van der Waals surface area contributed by atoms with Gasteiger partial charge < -0.3 is 24.6 Å². The molecule has 6 nitrogen and oxygen atoms in total. The van der Waals surface area contributed by atoms with Gasteiger partial charge in [-0.25, -0.2) is 0 Å². The first-order chi connectivity index (χ1) is 14.9. The van der Waals surface area contributed by atoms with E-state index in [2.05, 4.69) is 25.2 Å². The molecule has 6 heteroatoms. The summed E-state index contributed by atoms with van der Waals surface area (Å²) in [6.07, 6.45) is 2.45. The van der Waals surface area contributed by atoms with Crippen LogP contribution in [0.25, 0.3) is 0 Å². The molecule has 31 heavy (non-hydrogen) atoms. The standard InChI is InChI=1S/C25H34N2O4/c1-18(2)25(17-26,20-8-10-22(29-3)24(16-20)31-5)12-6-13-27-14-11-19-7-9-21(28)23(15-19)30-4/h7-10,15-16,18,27-28H,6,11-14H2,1-5H3. The number of nitrogens with one attached hydrogen (secondary N) is 1. The monoisotopic (exact) mass is 426 g/mol. The Morgan fingerprint density at radius 2 is 1.68 bits per heavy atom. The fraction of sp³-hybridized carbons (Fsp3) is 0.480. The van der Waals surface area contributed by atoms with Crippen molar-refractivity contribution in [3.63, 3.8) is 0 Å². The zero-order valence-electron chi connectivity index (χ0n) is 19.2. The van der Waals surface area contributed by atoms with Crippen LogP contribution in [-0.4, -0.2) is 39.5 Å². The molecule has 2 rings (SSSR count). The van der Waals surface area contributed by atoms with E-state index in [4.69, 9.17) is 14.2 Å². The topological polar surface area (TPSA) is 83.7 Å². The smallest absolute Gasteiger partial charge is 0.161 e. The molecule has 0 bridgehead atoms. The molecule has 168 valence electrons. The third-order valence-corrected chi connectivity index (χ3v) is 5.84. The van der Waals surface area contributed by atoms with E-state index in [9.17, 15) is 10.4 Å². The third-order valence-electron chi connectivity index (χ3n) is 5.84. The van der Waals surface area contributed by atoms with Crippen LogP contribution in [0, 0.1) is 17.2 Å². The average molecular weight is 427 g/mol. The van der Waals surface area contributed by atoms with E-state index in [0.29, 0.717) is 17.2 Å². The number of methoxy groups -OCH3 is 3. The molecule has 1 atom stereocenters. The van der Waals surface area contributed by atoms with Crippen molar-refractivity contribution in [2.75, 3.05) is 34.4 Å². The lowest BCUT2D eigenvalue weighted by molar-refractivity contribution is 0.341. The van der Waals surface area contributed by atoms with Crippen molar-refractivity contribution in [2.24, 2.45) is 5.92 Å². The van der Waals surface area contributed by atoms with Crippen molar-refractivity contribution in [1.82, 2.24) is 5.32 Å². The minimum Gasteiger partial charge on any atom is -0.504 e. The lowest BCUT2D eigenvalue weighted by Crippen LogP contribution is -2.32. The number of benzene rings is 2. The van der Waals surface area contributed by atoms with Crippen molar-refractivity contribution < 1.29 is 19.3 Å². The Balaban J connectivity index is 1.96. The highest BCUT2D eigenvalue weighted by atomic mass is 16.5. The van der Waals surface area contributed by atoms with Crippen molar-refractivity contribution in [3.8, 4) is 29.1 Å². The van der Waals surface area contributed by atoms with Gasteiger partial charge in [0, 0.05) is 0 Å². The first-order valence-electron chi connectivity index (χ1n) is 10.6. The first-order valence-corrected chi connectivity index (χ1v) is 10.6. The number of hydrogen-bond acceptors (Lipinski definition) is 6. The SMILES string of the molecule is COc1cc(CCNCCCC(C#N)(c2ccc(OC)c(OC)c2)C(C)C)ccc1O. The van der Waals surface area contributed by atoms with Crippen LogP contribution in [0.15, 0.2) is 36.4 Å². The molecule has 0 saturated carbocycles. The summed E-state index contributed by atoms with van der Waals surface area (Å²) in [5.74, 6) is 2.09.